The molecule has 0 saturated carbocycles. The Labute approximate surface area is 111 Å². The van der Waals surface area contributed by atoms with Crippen LogP contribution in [0.4, 0.5) is 0 Å². The Bertz CT molecular complexity index is 661. The predicted octanol–water partition coefficient (Wildman–Crippen LogP) is 2.91. The summed E-state index contributed by atoms with van der Waals surface area (Å²) in [5.74, 6) is 0.766. The minimum absolute atomic E-state index is 0.766. The second kappa shape index (κ2) is 4.94. The van der Waals surface area contributed by atoms with Crippen molar-refractivity contribution in [3.05, 3.63) is 60.9 Å². The molecular formula is C15H12N4. The van der Waals surface area contributed by atoms with Gasteiger partial charge in [0.25, 0.3) is 0 Å². The van der Waals surface area contributed by atoms with Crippen LogP contribution in [-0.4, -0.2) is 19.9 Å². The molecule has 3 aromatic heterocycles. The van der Waals surface area contributed by atoms with Crippen molar-refractivity contribution in [2.24, 2.45) is 0 Å². The standard InChI is InChI=1S/C15H12N4/c1-11-17-9-13(10-18-11)12-5-6-15(19-8-12)14-4-2-3-7-16-14/h2-10H,1H3. The fraction of sp³-hybridized carbons (Fsp3) is 0.0667. The van der Waals surface area contributed by atoms with E-state index in [1.165, 1.54) is 0 Å². The molecule has 19 heavy (non-hydrogen) atoms. The Hall–Kier alpha value is -2.62. The van der Waals surface area contributed by atoms with Gasteiger partial charge in [0, 0.05) is 35.9 Å². The second-order valence-electron chi connectivity index (χ2n) is 4.17. The van der Waals surface area contributed by atoms with Gasteiger partial charge in [0.2, 0.25) is 0 Å². The minimum Gasteiger partial charge on any atom is -0.255 e. The van der Waals surface area contributed by atoms with Crippen molar-refractivity contribution in [3.8, 4) is 22.5 Å². The van der Waals surface area contributed by atoms with E-state index in [0.29, 0.717) is 0 Å². The van der Waals surface area contributed by atoms with E-state index in [2.05, 4.69) is 19.9 Å². The van der Waals surface area contributed by atoms with Gasteiger partial charge in [0.1, 0.15) is 5.82 Å². The van der Waals surface area contributed by atoms with Crippen molar-refractivity contribution in [2.45, 2.75) is 6.92 Å². The smallest absolute Gasteiger partial charge is 0.125 e. The third kappa shape index (κ3) is 2.47. The van der Waals surface area contributed by atoms with Crippen LogP contribution >= 0.6 is 0 Å². The average Bonchev–Trinajstić information content (AvgIpc) is 2.49. The molecule has 0 saturated heterocycles. The summed E-state index contributed by atoms with van der Waals surface area (Å²) < 4.78 is 0. The first-order valence-electron chi connectivity index (χ1n) is 5.99. The van der Waals surface area contributed by atoms with Gasteiger partial charge < -0.3 is 0 Å². The molecular weight excluding hydrogens is 236 g/mol. The lowest BCUT2D eigenvalue weighted by Crippen LogP contribution is -1.90. The Morgan fingerprint density at radius 2 is 1.42 bits per heavy atom. The van der Waals surface area contributed by atoms with Crippen LogP contribution in [0.5, 0.6) is 0 Å². The van der Waals surface area contributed by atoms with Crippen LogP contribution in [-0.2, 0) is 0 Å². The van der Waals surface area contributed by atoms with Crippen LogP contribution in [0, 0.1) is 6.92 Å². The van der Waals surface area contributed by atoms with Crippen LogP contribution in [0.2, 0.25) is 0 Å². The van der Waals surface area contributed by atoms with Crippen LogP contribution in [0.15, 0.2) is 55.1 Å². The van der Waals surface area contributed by atoms with Crippen LogP contribution in [0.1, 0.15) is 5.82 Å². The summed E-state index contributed by atoms with van der Waals surface area (Å²) in [6.45, 7) is 1.87. The van der Waals surface area contributed by atoms with E-state index in [1.54, 1.807) is 18.6 Å². The van der Waals surface area contributed by atoms with Gasteiger partial charge in [-0.2, -0.15) is 0 Å². The Kier molecular flexibility index (Phi) is 2.98. The van der Waals surface area contributed by atoms with Crippen molar-refractivity contribution in [2.75, 3.05) is 0 Å². The van der Waals surface area contributed by atoms with E-state index in [4.69, 9.17) is 0 Å². The average molecular weight is 248 g/mol. The highest BCUT2D eigenvalue weighted by molar-refractivity contribution is 5.63. The number of aromatic nitrogens is 4. The lowest BCUT2D eigenvalue weighted by atomic mass is 10.1. The SMILES string of the molecule is Cc1ncc(-c2ccc(-c3ccccn3)nc2)cn1. The molecule has 0 aliphatic heterocycles. The van der Waals surface area contributed by atoms with Crippen molar-refractivity contribution >= 4 is 0 Å². The molecule has 0 fully saturated rings. The topological polar surface area (TPSA) is 51.6 Å². The number of aryl methyl sites for hydroxylation is 1. The van der Waals surface area contributed by atoms with Gasteiger partial charge >= 0.3 is 0 Å². The quantitative estimate of drug-likeness (QED) is 0.699. The Morgan fingerprint density at radius 3 is 2.05 bits per heavy atom. The molecule has 0 N–H and O–H groups in total. The number of nitrogens with zero attached hydrogens (tertiary/aromatic N) is 4. The molecule has 3 rings (SSSR count). The highest BCUT2D eigenvalue weighted by Crippen LogP contribution is 2.20. The number of hydrogen-bond donors (Lipinski definition) is 0. The van der Waals surface area contributed by atoms with Gasteiger partial charge in [-0.15, -0.1) is 0 Å². The first-order chi connectivity index (χ1) is 9.33. The van der Waals surface area contributed by atoms with Crippen molar-refractivity contribution in [3.63, 3.8) is 0 Å². The largest absolute Gasteiger partial charge is 0.255 e. The molecule has 0 atom stereocenters. The Balaban J connectivity index is 1.93. The zero-order valence-electron chi connectivity index (χ0n) is 10.5. The molecule has 0 amide bonds. The van der Waals surface area contributed by atoms with Crippen LogP contribution < -0.4 is 0 Å². The summed E-state index contributed by atoms with van der Waals surface area (Å²) in [5.41, 5.74) is 3.69. The molecule has 3 aromatic rings. The molecule has 0 bridgehead atoms. The van der Waals surface area contributed by atoms with Gasteiger partial charge in [-0.1, -0.05) is 12.1 Å². The molecule has 4 nitrogen and oxygen atoms in total. The van der Waals surface area contributed by atoms with E-state index < -0.39 is 0 Å². The van der Waals surface area contributed by atoms with Crippen molar-refractivity contribution in [1.82, 2.24) is 19.9 Å². The van der Waals surface area contributed by atoms with Gasteiger partial charge in [-0.3, -0.25) is 9.97 Å². The summed E-state index contributed by atoms with van der Waals surface area (Å²) in [5, 5.41) is 0. The summed E-state index contributed by atoms with van der Waals surface area (Å²) in [4.78, 5) is 17.1. The highest BCUT2D eigenvalue weighted by atomic mass is 14.8. The molecule has 0 aliphatic carbocycles. The molecule has 0 spiro atoms. The molecule has 92 valence electrons. The number of hydrogen-bond acceptors (Lipinski definition) is 4. The maximum Gasteiger partial charge on any atom is 0.125 e. The molecule has 3 heterocycles. The minimum atomic E-state index is 0.766. The second-order valence-corrected chi connectivity index (χ2v) is 4.17. The fourth-order valence-corrected chi connectivity index (χ4v) is 1.77. The number of pyridine rings is 2. The zero-order chi connectivity index (χ0) is 13.1. The lowest BCUT2D eigenvalue weighted by Gasteiger charge is -2.03. The first-order valence-corrected chi connectivity index (χ1v) is 5.99. The van der Waals surface area contributed by atoms with Crippen molar-refractivity contribution in [1.29, 1.82) is 0 Å². The summed E-state index contributed by atoms with van der Waals surface area (Å²) in [7, 11) is 0. The molecule has 0 aromatic carbocycles. The molecule has 4 heteroatoms. The third-order valence-corrected chi connectivity index (χ3v) is 2.81. The maximum atomic E-state index is 4.43. The fourth-order valence-electron chi connectivity index (χ4n) is 1.77. The summed E-state index contributed by atoms with van der Waals surface area (Å²) in [6, 6.07) is 9.74. The first kappa shape index (κ1) is 11.5. The highest BCUT2D eigenvalue weighted by Gasteiger charge is 2.02. The van der Waals surface area contributed by atoms with Gasteiger partial charge in [-0.05, 0) is 25.1 Å². The van der Waals surface area contributed by atoms with Crippen LogP contribution in [0.25, 0.3) is 22.5 Å². The van der Waals surface area contributed by atoms with E-state index in [1.807, 2.05) is 43.5 Å². The molecule has 0 radical (unpaired) electrons. The van der Waals surface area contributed by atoms with Crippen LogP contribution in [0.3, 0.4) is 0 Å². The van der Waals surface area contributed by atoms with Gasteiger partial charge in [-0.25, -0.2) is 9.97 Å². The Morgan fingerprint density at radius 1 is 0.684 bits per heavy atom. The predicted molar refractivity (Wildman–Crippen MR) is 73.2 cm³/mol. The van der Waals surface area contributed by atoms with E-state index >= 15 is 0 Å². The van der Waals surface area contributed by atoms with E-state index in [0.717, 1.165) is 28.3 Å². The van der Waals surface area contributed by atoms with Crippen molar-refractivity contribution < 1.29 is 0 Å². The lowest BCUT2D eigenvalue weighted by molar-refractivity contribution is 1.05. The monoisotopic (exact) mass is 248 g/mol. The third-order valence-electron chi connectivity index (χ3n) is 2.81. The summed E-state index contributed by atoms with van der Waals surface area (Å²) >= 11 is 0. The maximum absolute atomic E-state index is 4.43. The van der Waals surface area contributed by atoms with E-state index in [9.17, 15) is 0 Å². The summed E-state index contributed by atoms with van der Waals surface area (Å²) in [6.07, 6.45) is 7.19. The van der Waals surface area contributed by atoms with E-state index in [-0.39, 0.29) is 0 Å². The zero-order valence-corrected chi connectivity index (χ0v) is 10.5. The number of rotatable bonds is 2. The molecule has 0 unspecified atom stereocenters. The normalized spacial score (nSPS) is 10.4. The van der Waals surface area contributed by atoms with Gasteiger partial charge in [0.15, 0.2) is 0 Å². The van der Waals surface area contributed by atoms with Gasteiger partial charge in [0.05, 0.1) is 11.4 Å². The molecule has 0 aliphatic rings.